The highest BCUT2D eigenvalue weighted by Crippen LogP contribution is 2.30. The summed E-state index contributed by atoms with van der Waals surface area (Å²) in [6.07, 6.45) is 0. The highest BCUT2D eigenvalue weighted by molar-refractivity contribution is 6.30. The first-order valence-corrected chi connectivity index (χ1v) is 5.18. The number of hydrogen-bond acceptors (Lipinski definition) is 3. The lowest BCUT2D eigenvalue weighted by Gasteiger charge is -2.24. The van der Waals surface area contributed by atoms with Crippen LogP contribution in [0.3, 0.4) is 0 Å². The Labute approximate surface area is 95.8 Å². The molecule has 3 nitrogen and oxygen atoms in total. The van der Waals surface area contributed by atoms with Crippen LogP contribution >= 0.6 is 11.6 Å². The second kappa shape index (κ2) is 5.35. The molecule has 2 N–H and O–H groups in total. The number of rotatable bonds is 4. The second-order valence-corrected chi connectivity index (χ2v) is 4.04. The summed E-state index contributed by atoms with van der Waals surface area (Å²) in [5, 5.41) is 0.700. The van der Waals surface area contributed by atoms with E-state index in [9.17, 15) is 0 Å². The molecule has 0 fully saturated rings. The van der Waals surface area contributed by atoms with E-state index >= 15 is 0 Å². The van der Waals surface area contributed by atoms with Gasteiger partial charge >= 0.3 is 0 Å². The van der Waals surface area contributed by atoms with Gasteiger partial charge in [0.15, 0.2) is 0 Å². The van der Waals surface area contributed by atoms with Crippen LogP contribution in [0.25, 0.3) is 0 Å². The van der Waals surface area contributed by atoms with Crippen molar-refractivity contribution in [3.8, 4) is 5.75 Å². The van der Waals surface area contributed by atoms with Gasteiger partial charge in [0, 0.05) is 17.1 Å². The summed E-state index contributed by atoms with van der Waals surface area (Å²) in [7, 11) is 5.62. The number of nitrogens with two attached hydrogens (primary N) is 1. The average molecular weight is 229 g/mol. The first-order valence-electron chi connectivity index (χ1n) is 4.80. The monoisotopic (exact) mass is 228 g/mol. The molecule has 1 aromatic rings. The van der Waals surface area contributed by atoms with Crippen molar-refractivity contribution in [3.05, 3.63) is 28.8 Å². The number of halogens is 1. The second-order valence-electron chi connectivity index (χ2n) is 3.60. The van der Waals surface area contributed by atoms with Crippen LogP contribution in [0.5, 0.6) is 5.75 Å². The van der Waals surface area contributed by atoms with Crippen molar-refractivity contribution in [1.82, 2.24) is 4.90 Å². The summed E-state index contributed by atoms with van der Waals surface area (Å²) < 4.78 is 5.29. The van der Waals surface area contributed by atoms with Crippen LogP contribution in [0, 0.1) is 0 Å². The van der Waals surface area contributed by atoms with Gasteiger partial charge < -0.3 is 15.4 Å². The van der Waals surface area contributed by atoms with Crippen LogP contribution < -0.4 is 10.5 Å². The molecule has 0 amide bonds. The highest BCUT2D eigenvalue weighted by Gasteiger charge is 2.16. The van der Waals surface area contributed by atoms with Gasteiger partial charge in [-0.3, -0.25) is 0 Å². The van der Waals surface area contributed by atoms with Gasteiger partial charge in [-0.2, -0.15) is 0 Å². The van der Waals surface area contributed by atoms with Crippen LogP contribution in [-0.4, -0.2) is 32.6 Å². The van der Waals surface area contributed by atoms with E-state index in [1.807, 2.05) is 37.2 Å². The fourth-order valence-corrected chi connectivity index (χ4v) is 1.76. The topological polar surface area (TPSA) is 38.5 Å². The third kappa shape index (κ3) is 2.84. The molecule has 0 saturated heterocycles. The standard InChI is InChI=1S/C11H17ClN2O/c1-14(2)10(7-13)9-6-8(12)4-5-11(9)15-3/h4-6,10H,7,13H2,1-3H3. The first-order chi connectivity index (χ1) is 7.10. The smallest absolute Gasteiger partial charge is 0.123 e. The van der Waals surface area contributed by atoms with Gasteiger partial charge in [-0.1, -0.05) is 11.6 Å². The Kier molecular flexibility index (Phi) is 4.39. The molecule has 15 heavy (non-hydrogen) atoms. The van der Waals surface area contributed by atoms with Gasteiger partial charge in [-0.15, -0.1) is 0 Å². The van der Waals surface area contributed by atoms with Crippen LogP contribution in [0.1, 0.15) is 11.6 Å². The molecule has 0 aliphatic heterocycles. The predicted octanol–water partition coefficient (Wildman–Crippen LogP) is 1.91. The maximum Gasteiger partial charge on any atom is 0.123 e. The molecule has 1 rings (SSSR count). The van der Waals surface area contributed by atoms with E-state index in [1.165, 1.54) is 0 Å². The van der Waals surface area contributed by atoms with Crippen molar-refractivity contribution in [2.24, 2.45) is 5.73 Å². The first kappa shape index (κ1) is 12.3. The quantitative estimate of drug-likeness (QED) is 0.856. The lowest BCUT2D eigenvalue weighted by atomic mass is 10.1. The predicted molar refractivity (Wildman–Crippen MR) is 63.5 cm³/mol. The number of hydrogen-bond donors (Lipinski definition) is 1. The molecule has 4 heteroatoms. The molecule has 0 spiro atoms. The Balaban J connectivity index is 3.13. The van der Waals surface area contributed by atoms with E-state index in [2.05, 4.69) is 0 Å². The summed E-state index contributed by atoms with van der Waals surface area (Å²) in [5.41, 5.74) is 6.76. The Bertz CT molecular complexity index is 328. The van der Waals surface area contributed by atoms with Crippen molar-refractivity contribution in [2.45, 2.75) is 6.04 Å². The van der Waals surface area contributed by atoms with E-state index in [0.29, 0.717) is 11.6 Å². The van der Waals surface area contributed by atoms with Crippen molar-refractivity contribution in [1.29, 1.82) is 0 Å². The minimum atomic E-state index is 0.124. The van der Waals surface area contributed by atoms with Gasteiger partial charge in [-0.05, 0) is 32.3 Å². The Morgan fingerprint density at radius 3 is 2.60 bits per heavy atom. The van der Waals surface area contributed by atoms with Gasteiger partial charge in [-0.25, -0.2) is 0 Å². The minimum Gasteiger partial charge on any atom is -0.496 e. The summed E-state index contributed by atoms with van der Waals surface area (Å²) >= 11 is 5.96. The molecule has 0 aromatic heterocycles. The number of benzene rings is 1. The Hall–Kier alpha value is -0.770. The zero-order valence-electron chi connectivity index (χ0n) is 9.33. The number of nitrogens with zero attached hydrogens (tertiary/aromatic N) is 1. The fraction of sp³-hybridized carbons (Fsp3) is 0.455. The Morgan fingerprint density at radius 1 is 1.47 bits per heavy atom. The summed E-state index contributed by atoms with van der Waals surface area (Å²) in [5.74, 6) is 0.823. The lowest BCUT2D eigenvalue weighted by molar-refractivity contribution is 0.295. The van der Waals surface area contributed by atoms with Crippen molar-refractivity contribution in [3.63, 3.8) is 0 Å². The molecular weight excluding hydrogens is 212 g/mol. The van der Waals surface area contributed by atoms with Crippen molar-refractivity contribution < 1.29 is 4.74 Å². The SMILES string of the molecule is COc1ccc(Cl)cc1C(CN)N(C)C. The lowest BCUT2D eigenvalue weighted by Crippen LogP contribution is -2.27. The summed E-state index contributed by atoms with van der Waals surface area (Å²) in [6, 6.07) is 5.70. The zero-order valence-corrected chi connectivity index (χ0v) is 10.1. The molecule has 1 atom stereocenters. The van der Waals surface area contributed by atoms with Gasteiger partial charge in [0.25, 0.3) is 0 Å². The maximum atomic E-state index is 5.96. The van der Waals surface area contributed by atoms with Crippen LogP contribution in [0.2, 0.25) is 5.02 Å². The minimum absolute atomic E-state index is 0.124. The number of methoxy groups -OCH3 is 1. The molecule has 0 heterocycles. The third-order valence-corrected chi connectivity index (χ3v) is 2.63. The molecule has 0 radical (unpaired) electrons. The van der Waals surface area contributed by atoms with Gasteiger partial charge in [0.1, 0.15) is 5.75 Å². The van der Waals surface area contributed by atoms with Crippen molar-refractivity contribution >= 4 is 11.6 Å². The Morgan fingerprint density at radius 2 is 2.13 bits per heavy atom. The maximum absolute atomic E-state index is 5.96. The fourth-order valence-electron chi connectivity index (χ4n) is 1.58. The molecule has 1 unspecified atom stereocenters. The average Bonchev–Trinajstić information content (AvgIpc) is 2.18. The van der Waals surface area contributed by atoms with Crippen LogP contribution in [-0.2, 0) is 0 Å². The number of ether oxygens (including phenoxy) is 1. The third-order valence-electron chi connectivity index (χ3n) is 2.40. The van der Waals surface area contributed by atoms with Gasteiger partial charge in [0.05, 0.1) is 13.2 Å². The molecule has 0 saturated carbocycles. The van der Waals surface area contributed by atoms with E-state index in [-0.39, 0.29) is 6.04 Å². The molecule has 0 aliphatic carbocycles. The van der Waals surface area contributed by atoms with E-state index in [1.54, 1.807) is 7.11 Å². The summed E-state index contributed by atoms with van der Waals surface area (Å²) in [6.45, 7) is 0.531. The molecular formula is C11H17ClN2O. The van der Waals surface area contributed by atoms with Gasteiger partial charge in [0.2, 0.25) is 0 Å². The van der Waals surface area contributed by atoms with Crippen LogP contribution in [0.15, 0.2) is 18.2 Å². The zero-order chi connectivity index (χ0) is 11.4. The summed E-state index contributed by atoms with van der Waals surface area (Å²) in [4.78, 5) is 2.05. The van der Waals surface area contributed by atoms with E-state index in [4.69, 9.17) is 22.1 Å². The van der Waals surface area contributed by atoms with E-state index in [0.717, 1.165) is 11.3 Å². The molecule has 0 aliphatic rings. The molecule has 84 valence electrons. The molecule has 0 bridgehead atoms. The largest absolute Gasteiger partial charge is 0.496 e. The molecule has 1 aromatic carbocycles. The number of likely N-dealkylation sites (N-methyl/N-ethyl adjacent to an activating group) is 1. The highest BCUT2D eigenvalue weighted by atomic mass is 35.5. The van der Waals surface area contributed by atoms with Crippen molar-refractivity contribution in [2.75, 3.05) is 27.7 Å². The normalized spacial score (nSPS) is 12.9. The van der Waals surface area contributed by atoms with E-state index < -0.39 is 0 Å². The van der Waals surface area contributed by atoms with Crippen LogP contribution in [0.4, 0.5) is 0 Å².